The Labute approximate surface area is 118 Å². The van der Waals surface area contributed by atoms with Crippen LogP contribution in [-0.2, 0) is 16.0 Å². The van der Waals surface area contributed by atoms with E-state index in [4.69, 9.17) is 5.73 Å². The number of nitrogens with two attached hydrogens (primary N) is 1. The maximum Gasteiger partial charge on any atom is 0.331 e. The molecule has 1 rings (SSSR count). The molecule has 0 radical (unpaired) electrons. The molecule has 1 aromatic heterocycles. The molecule has 0 aromatic carbocycles. The number of nitrogens with zero attached hydrogens (tertiary/aromatic N) is 1. The van der Waals surface area contributed by atoms with Crippen molar-refractivity contribution in [3.63, 3.8) is 0 Å². The molecule has 0 saturated carbocycles. The summed E-state index contributed by atoms with van der Waals surface area (Å²) in [7, 11) is 0. The Bertz CT molecular complexity index is 431. The fourth-order valence-corrected chi connectivity index (χ4v) is 2.09. The van der Waals surface area contributed by atoms with Gasteiger partial charge in [0.2, 0.25) is 0 Å². The molecule has 1 atom stereocenters. The molecule has 6 nitrogen and oxygen atoms in total. The second-order valence-electron chi connectivity index (χ2n) is 5.12. The van der Waals surface area contributed by atoms with Gasteiger partial charge in [-0.3, -0.25) is 4.79 Å². The highest BCUT2D eigenvalue weighted by molar-refractivity contribution is 6.07. The van der Waals surface area contributed by atoms with Crippen LogP contribution >= 0.6 is 0 Å². The molecule has 0 bridgehead atoms. The molecule has 0 spiro atoms. The van der Waals surface area contributed by atoms with Crippen molar-refractivity contribution < 1.29 is 14.7 Å². The van der Waals surface area contributed by atoms with E-state index in [9.17, 15) is 14.7 Å². The number of rotatable bonds is 10. The van der Waals surface area contributed by atoms with E-state index < -0.39 is 17.3 Å². The number of hydrogen-bond acceptors (Lipinski definition) is 4. The number of ketones is 1. The summed E-state index contributed by atoms with van der Waals surface area (Å²) in [6.45, 7) is 2.12. The third kappa shape index (κ3) is 4.45. The zero-order valence-electron chi connectivity index (χ0n) is 11.9. The molecule has 0 saturated heterocycles. The Balaban J connectivity index is 2.56. The number of hydrogen-bond donors (Lipinski definition) is 3. The molecular weight excluding hydrogens is 258 g/mol. The zero-order valence-corrected chi connectivity index (χ0v) is 11.9. The standard InChI is InChI=1S/C14H23N3O3/c1-2-3-4-5-6-7-12(18)14(15,13(19)20)8-11-9-16-10-17-11/h9-10H,2-8,15H2,1H3,(H,16,17)(H,19,20)/t14-/m1/s1. The molecule has 0 aliphatic carbocycles. The predicted molar refractivity (Wildman–Crippen MR) is 75.2 cm³/mol. The van der Waals surface area contributed by atoms with E-state index in [-0.39, 0.29) is 12.8 Å². The normalized spacial score (nSPS) is 13.9. The van der Waals surface area contributed by atoms with Gasteiger partial charge in [0.15, 0.2) is 11.3 Å². The van der Waals surface area contributed by atoms with Crippen LogP contribution in [0.15, 0.2) is 12.5 Å². The molecule has 112 valence electrons. The minimum Gasteiger partial charge on any atom is -0.480 e. The highest BCUT2D eigenvalue weighted by Crippen LogP contribution is 2.16. The number of imidazole rings is 1. The van der Waals surface area contributed by atoms with E-state index in [2.05, 4.69) is 16.9 Å². The number of H-pyrrole nitrogens is 1. The minimum absolute atomic E-state index is 0.0594. The minimum atomic E-state index is -1.86. The number of carbonyl (C=O) groups is 2. The molecule has 4 N–H and O–H groups in total. The van der Waals surface area contributed by atoms with Crippen molar-refractivity contribution in [3.8, 4) is 0 Å². The molecule has 0 fully saturated rings. The van der Waals surface area contributed by atoms with E-state index in [1.165, 1.54) is 12.5 Å². The number of carboxylic acids is 1. The molecule has 0 amide bonds. The highest BCUT2D eigenvalue weighted by atomic mass is 16.4. The van der Waals surface area contributed by atoms with Gasteiger partial charge in [-0.2, -0.15) is 0 Å². The summed E-state index contributed by atoms with van der Waals surface area (Å²) < 4.78 is 0. The third-order valence-corrected chi connectivity index (χ3v) is 3.41. The first kappa shape index (κ1) is 16.4. The average molecular weight is 281 g/mol. The maximum atomic E-state index is 12.1. The van der Waals surface area contributed by atoms with E-state index in [1.807, 2.05) is 0 Å². The van der Waals surface area contributed by atoms with Gasteiger partial charge in [0, 0.05) is 24.7 Å². The summed E-state index contributed by atoms with van der Waals surface area (Å²) in [5.41, 5.74) is 4.51. The summed E-state index contributed by atoms with van der Waals surface area (Å²) in [5.74, 6) is -1.71. The quantitative estimate of drug-likeness (QED) is 0.446. The number of aromatic nitrogens is 2. The van der Waals surface area contributed by atoms with E-state index in [0.717, 1.165) is 25.7 Å². The second-order valence-corrected chi connectivity index (χ2v) is 5.12. The summed E-state index contributed by atoms with van der Waals surface area (Å²) in [5, 5.41) is 9.26. The van der Waals surface area contributed by atoms with Crippen LogP contribution in [0, 0.1) is 0 Å². The van der Waals surface area contributed by atoms with Gasteiger partial charge in [0.25, 0.3) is 0 Å². The lowest BCUT2D eigenvalue weighted by Crippen LogP contribution is -2.56. The lowest BCUT2D eigenvalue weighted by Gasteiger charge is -2.22. The monoisotopic (exact) mass is 281 g/mol. The maximum absolute atomic E-state index is 12.1. The Kier molecular flexibility index (Phi) is 6.38. The van der Waals surface area contributed by atoms with Crippen molar-refractivity contribution in [2.45, 2.75) is 57.4 Å². The van der Waals surface area contributed by atoms with Crippen LogP contribution in [-0.4, -0.2) is 32.4 Å². The lowest BCUT2D eigenvalue weighted by molar-refractivity contribution is -0.148. The van der Waals surface area contributed by atoms with Gasteiger partial charge in [-0.05, 0) is 6.42 Å². The number of Topliss-reactive ketones (excluding diaryl/α,β-unsaturated/α-hetero) is 1. The Morgan fingerprint density at radius 3 is 2.60 bits per heavy atom. The van der Waals surface area contributed by atoms with Crippen molar-refractivity contribution in [3.05, 3.63) is 18.2 Å². The Hall–Kier alpha value is -1.69. The van der Waals surface area contributed by atoms with Gasteiger partial charge in [0.05, 0.1) is 6.33 Å². The van der Waals surface area contributed by atoms with Crippen LogP contribution in [0.5, 0.6) is 0 Å². The van der Waals surface area contributed by atoms with E-state index >= 15 is 0 Å². The Morgan fingerprint density at radius 2 is 2.05 bits per heavy atom. The molecule has 20 heavy (non-hydrogen) atoms. The number of carboxylic acid groups (broad SMARTS) is 1. The molecule has 6 heteroatoms. The highest BCUT2D eigenvalue weighted by Gasteiger charge is 2.41. The lowest BCUT2D eigenvalue weighted by atomic mass is 9.87. The number of aromatic amines is 1. The number of carbonyl (C=O) groups excluding carboxylic acids is 1. The topological polar surface area (TPSA) is 109 Å². The molecule has 1 aromatic rings. The molecule has 1 heterocycles. The number of unbranched alkanes of at least 4 members (excludes halogenated alkanes) is 4. The van der Waals surface area contributed by atoms with Gasteiger partial charge < -0.3 is 15.8 Å². The van der Waals surface area contributed by atoms with Crippen molar-refractivity contribution in [1.29, 1.82) is 0 Å². The number of aliphatic carboxylic acids is 1. The average Bonchev–Trinajstić information content (AvgIpc) is 2.90. The second kappa shape index (κ2) is 7.79. The van der Waals surface area contributed by atoms with Gasteiger partial charge >= 0.3 is 5.97 Å². The SMILES string of the molecule is CCCCCCCC(=O)[C@](N)(Cc1cnc[nH]1)C(=O)O. The first-order valence-electron chi connectivity index (χ1n) is 7.03. The van der Waals surface area contributed by atoms with E-state index in [1.54, 1.807) is 0 Å². The van der Waals surface area contributed by atoms with Crippen molar-refractivity contribution in [2.24, 2.45) is 5.73 Å². The zero-order chi connectivity index (χ0) is 15.0. The molecular formula is C14H23N3O3. The molecule has 0 aliphatic heterocycles. The van der Waals surface area contributed by atoms with Gasteiger partial charge in [-0.1, -0.05) is 32.6 Å². The third-order valence-electron chi connectivity index (χ3n) is 3.41. The number of nitrogens with one attached hydrogen (secondary N) is 1. The van der Waals surface area contributed by atoms with Crippen LogP contribution in [0.4, 0.5) is 0 Å². The van der Waals surface area contributed by atoms with Gasteiger partial charge in [0.1, 0.15) is 0 Å². The molecule has 0 aliphatic rings. The fourth-order valence-electron chi connectivity index (χ4n) is 2.09. The van der Waals surface area contributed by atoms with Crippen LogP contribution in [0.2, 0.25) is 0 Å². The first-order chi connectivity index (χ1) is 9.50. The Morgan fingerprint density at radius 1 is 1.35 bits per heavy atom. The first-order valence-corrected chi connectivity index (χ1v) is 7.03. The van der Waals surface area contributed by atoms with Crippen LogP contribution in [0.3, 0.4) is 0 Å². The van der Waals surface area contributed by atoms with Gasteiger partial charge in [-0.25, -0.2) is 9.78 Å². The van der Waals surface area contributed by atoms with Crippen LogP contribution in [0.1, 0.15) is 51.1 Å². The van der Waals surface area contributed by atoms with Crippen molar-refractivity contribution >= 4 is 11.8 Å². The van der Waals surface area contributed by atoms with Crippen molar-refractivity contribution in [2.75, 3.05) is 0 Å². The van der Waals surface area contributed by atoms with Crippen LogP contribution in [0.25, 0.3) is 0 Å². The summed E-state index contributed by atoms with van der Waals surface area (Å²) in [6, 6.07) is 0. The van der Waals surface area contributed by atoms with Crippen molar-refractivity contribution in [1.82, 2.24) is 9.97 Å². The van der Waals surface area contributed by atoms with Gasteiger partial charge in [-0.15, -0.1) is 0 Å². The summed E-state index contributed by atoms with van der Waals surface area (Å²) in [4.78, 5) is 30.1. The predicted octanol–water partition coefficient (Wildman–Crippen LogP) is 1.66. The fraction of sp³-hybridized carbons (Fsp3) is 0.643. The van der Waals surface area contributed by atoms with Crippen LogP contribution < -0.4 is 5.73 Å². The summed E-state index contributed by atoms with van der Waals surface area (Å²) in [6.07, 6.45) is 8.02. The summed E-state index contributed by atoms with van der Waals surface area (Å²) >= 11 is 0. The molecule has 0 unspecified atom stereocenters. The smallest absolute Gasteiger partial charge is 0.331 e. The largest absolute Gasteiger partial charge is 0.480 e. The van der Waals surface area contributed by atoms with E-state index in [0.29, 0.717) is 12.1 Å².